The molecule has 0 bridgehead atoms. The molecule has 0 aromatic carbocycles. The van der Waals surface area contributed by atoms with Gasteiger partial charge in [-0.15, -0.1) is 0 Å². The average Bonchev–Trinajstić information content (AvgIpc) is 3.19. The zero-order valence-electron chi connectivity index (χ0n) is 17.4. The van der Waals surface area contributed by atoms with Crippen LogP contribution >= 0.6 is 0 Å². The summed E-state index contributed by atoms with van der Waals surface area (Å²) >= 11 is 0. The molecule has 4 rings (SSSR count). The number of carbonyl (C=O) groups excluding carboxylic acids is 1. The first kappa shape index (κ1) is 21.8. The number of nitrogens with zero attached hydrogens (tertiary/aromatic N) is 3. The molecule has 2 aromatic heterocycles. The number of nitrogens with two attached hydrogens (primary N) is 1. The minimum atomic E-state index is -1.84. The van der Waals surface area contributed by atoms with Gasteiger partial charge in [-0.1, -0.05) is 6.08 Å². The fraction of sp³-hybridized carbons (Fsp3) is 0.381. The van der Waals surface area contributed by atoms with Gasteiger partial charge in [-0.2, -0.15) is 0 Å². The van der Waals surface area contributed by atoms with Gasteiger partial charge < -0.3 is 30.4 Å². The molecule has 11 nitrogen and oxygen atoms in total. The van der Waals surface area contributed by atoms with Crippen molar-refractivity contribution in [2.45, 2.75) is 25.1 Å². The van der Waals surface area contributed by atoms with Crippen molar-refractivity contribution in [3.63, 3.8) is 0 Å². The van der Waals surface area contributed by atoms with Crippen LogP contribution in [0.5, 0.6) is 0 Å². The Kier molecular flexibility index (Phi) is 6.12. The van der Waals surface area contributed by atoms with Gasteiger partial charge in [0.05, 0.1) is 17.7 Å². The van der Waals surface area contributed by atoms with Crippen LogP contribution in [0.25, 0.3) is 11.0 Å². The second-order valence-electron chi connectivity index (χ2n) is 7.60. The quantitative estimate of drug-likeness (QED) is 0.433. The third-order valence-corrected chi connectivity index (χ3v) is 5.47. The van der Waals surface area contributed by atoms with Crippen LogP contribution in [0.3, 0.4) is 0 Å². The zero-order chi connectivity index (χ0) is 22.7. The van der Waals surface area contributed by atoms with Crippen LogP contribution < -0.4 is 11.1 Å². The fourth-order valence-electron chi connectivity index (χ4n) is 3.73. The average molecular weight is 443 g/mol. The molecule has 2 aliphatic heterocycles. The molecule has 4 heterocycles. The highest BCUT2D eigenvalue weighted by Crippen LogP contribution is 2.31. The summed E-state index contributed by atoms with van der Waals surface area (Å²) in [6, 6.07) is 3.35. The molecule has 0 unspecified atom stereocenters. The molecule has 0 aliphatic carbocycles. The molecule has 1 amide bonds. The maximum atomic E-state index is 12.8. The molecule has 0 saturated carbocycles. The number of carbonyl (C=O) groups is 2. The first-order valence-corrected chi connectivity index (χ1v) is 10.2. The van der Waals surface area contributed by atoms with Gasteiger partial charge in [0.25, 0.3) is 5.91 Å². The highest BCUT2D eigenvalue weighted by atomic mass is 16.5. The number of carboxylic acids is 1. The van der Waals surface area contributed by atoms with Gasteiger partial charge in [0, 0.05) is 32.1 Å². The van der Waals surface area contributed by atoms with Crippen molar-refractivity contribution in [3.05, 3.63) is 48.1 Å². The number of hydrogen-bond acceptors (Lipinski definition) is 9. The number of nitrogens with one attached hydrogen (secondary N) is 1. The Morgan fingerprint density at radius 1 is 1.41 bits per heavy atom. The molecule has 1 saturated heterocycles. The summed E-state index contributed by atoms with van der Waals surface area (Å²) in [6.45, 7) is 0.773. The van der Waals surface area contributed by atoms with Crippen molar-refractivity contribution >= 4 is 28.7 Å². The van der Waals surface area contributed by atoms with E-state index in [1.54, 1.807) is 12.1 Å². The van der Waals surface area contributed by atoms with E-state index in [0.29, 0.717) is 42.1 Å². The Morgan fingerprint density at radius 3 is 2.91 bits per heavy atom. The molecule has 5 N–H and O–H groups in total. The summed E-state index contributed by atoms with van der Waals surface area (Å²) in [5.41, 5.74) is 4.53. The van der Waals surface area contributed by atoms with Gasteiger partial charge in [-0.25, -0.2) is 15.0 Å². The van der Waals surface area contributed by atoms with Crippen molar-refractivity contribution in [3.8, 4) is 0 Å². The normalized spacial score (nSPS) is 20.6. The second kappa shape index (κ2) is 8.99. The molecular weight excluding hydrogens is 418 g/mol. The lowest BCUT2D eigenvalue weighted by Gasteiger charge is -2.51. The number of rotatable bonds is 9. The van der Waals surface area contributed by atoms with Gasteiger partial charge in [0.2, 0.25) is 5.72 Å². The van der Waals surface area contributed by atoms with E-state index in [1.807, 2.05) is 18.2 Å². The smallest absolute Gasteiger partial charge is 0.319 e. The van der Waals surface area contributed by atoms with Crippen molar-refractivity contribution in [1.29, 1.82) is 0 Å². The van der Waals surface area contributed by atoms with Crippen molar-refractivity contribution < 1.29 is 29.0 Å². The van der Waals surface area contributed by atoms with Crippen LogP contribution in [0.1, 0.15) is 18.6 Å². The summed E-state index contributed by atoms with van der Waals surface area (Å²) in [7, 11) is 0. The Morgan fingerprint density at radius 2 is 2.25 bits per heavy atom. The predicted molar refractivity (Wildman–Crippen MR) is 114 cm³/mol. The number of pyridine rings is 1. The summed E-state index contributed by atoms with van der Waals surface area (Å²) in [4.78, 5) is 28.2. The molecule has 1 atom stereocenters. The van der Waals surface area contributed by atoms with E-state index >= 15 is 0 Å². The zero-order valence-corrected chi connectivity index (χ0v) is 17.4. The number of hydrogen-bond donors (Lipinski definition) is 4. The van der Waals surface area contributed by atoms with Crippen LogP contribution in [-0.4, -0.2) is 69.1 Å². The Hall–Kier alpha value is -3.41. The largest absolute Gasteiger partial charge is 0.494 e. The number of nitrogen functional groups attached to an aromatic ring is 1. The molecule has 32 heavy (non-hydrogen) atoms. The van der Waals surface area contributed by atoms with Crippen LogP contribution in [0.2, 0.25) is 0 Å². The lowest BCUT2D eigenvalue weighted by Crippen LogP contribution is -2.72. The molecule has 0 spiro atoms. The van der Waals surface area contributed by atoms with Crippen LogP contribution in [0.4, 0.5) is 5.82 Å². The van der Waals surface area contributed by atoms with Gasteiger partial charge in [-0.3, -0.25) is 9.59 Å². The SMILES string of the molecule is Nc1nccc2oc(CNC(=O)[C@@]3(O)CCN3N(CCC3=CC=CCO3)CC(=O)O)cc12. The summed E-state index contributed by atoms with van der Waals surface area (Å²) < 4.78 is 11.2. The Balaban J connectivity index is 1.40. The van der Waals surface area contributed by atoms with Gasteiger partial charge in [0.1, 0.15) is 30.3 Å². The first-order valence-electron chi connectivity index (χ1n) is 10.2. The number of aromatic nitrogens is 1. The van der Waals surface area contributed by atoms with Crippen LogP contribution in [-0.2, 0) is 20.9 Å². The molecular formula is C21H25N5O6. The summed E-state index contributed by atoms with van der Waals surface area (Å²) in [6.07, 6.45) is 7.70. The van der Waals surface area contributed by atoms with Crippen LogP contribution in [0.15, 0.2) is 46.7 Å². The van der Waals surface area contributed by atoms with E-state index in [2.05, 4.69) is 10.3 Å². The monoisotopic (exact) mass is 443 g/mol. The molecule has 0 radical (unpaired) electrons. The first-order chi connectivity index (χ1) is 15.4. The molecule has 1 fully saturated rings. The number of carboxylic acid groups (broad SMARTS) is 1. The van der Waals surface area contributed by atoms with E-state index in [1.165, 1.54) is 16.2 Å². The van der Waals surface area contributed by atoms with Crippen molar-refractivity contribution in [1.82, 2.24) is 20.3 Å². The van der Waals surface area contributed by atoms with E-state index in [0.717, 1.165) is 5.76 Å². The summed E-state index contributed by atoms with van der Waals surface area (Å²) in [5.74, 6) is -0.202. The number of fused-ring (bicyclic) bond motifs is 1. The topological polar surface area (TPSA) is 154 Å². The number of anilines is 1. The van der Waals surface area contributed by atoms with E-state index in [9.17, 15) is 19.8 Å². The number of aliphatic hydroxyl groups is 1. The standard InChI is InChI=1S/C21H25N5O6/c22-19-16-11-15(32-17(16)4-7-23-19)12-24-20(29)21(30)6-9-26(21)25(13-18(27)28)8-5-14-3-1-2-10-31-14/h1-4,7,11,30H,5-6,8-10,12-13H2,(H2,22,23)(H,24,29)(H,27,28)/t21-/m0/s1. The van der Waals surface area contributed by atoms with Crippen LogP contribution in [0, 0.1) is 0 Å². The second-order valence-corrected chi connectivity index (χ2v) is 7.60. The minimum absolute atomic E-state index is 0.0368. The number of furan rings is 1. The van der Waals surface area contributed by atoms with Gasteiger partial charge >= 0.3 is 5.97 Å². The number of ether oxygens (including phenoxy) is 1. The number of aliphatic carboxylic acids is 1. The maximum Gasteiger partial charge on any atom is 0.319 e. The number of amides is 1. The summed E-state index contributed by atoms with van der Waals surface area (Å²) in [5, 5.41) is 26.4. The lowest BCUT2D eigenvalue weighted by atomic mass is 9.99. The maximum absolute atomic E-state index is 12.8. The lowest BCUT2D eigenvalue weighted by molar-refractivity contribution is -0.263. The number of allylic oxidation sites excluding steroid dienone is 2. The highest BCUT2D eigenvalue weighted by molar-refractivity contribution is 5.88. The van der Waals surface area contributed by atoms with Crippen molar-refractivity contribution in [2.24, 2.45) is 0 Å². The molecule has 170 valence electrons. The molecule has 11 heteroatoms. The third-order valence-electron chi connectivity index (χ3n) is 5.47. The van der Waals surface area contributed by atoms with E-state index in [4.69, 9.17) is 14.9 Å². The van der Waals surface area contributed by atoms with Crippen molar-refractivity contribution in [2.75, 3.05) is 32.0 Å². The predicted octanol–water partition coefficient (Wildman–Crippen LogP) is 0.583. The number of hydrazine groups is 1. The molecule has 2 aromatic rings. The fourth-order valence-corrected chi connectivity index (χ4v) is 3.73. The Labute approximate surface area is 183 Å². The van der Waals surface area contributed by atoms with E-state index in [-0.39, 0.29) is 26.1 Å². The van der Waals surface area contributed by atoms with Gasteiger partial charge in [0.15, 0.2) is 0 Å². The van der Waals surface area contributed by atoms with Gasteiger partial charge in [-0.05, 0) is 24.3 Å². The minimum Gasteiger partial charge on any atom is -0.494 e. The van der Waals surface area contributed by atoms with E-state index < -0.39 is 17.6 Å². The highest BCUT2D eigenvalue weighted by Gasteiger charge is 2.52. The Bertz CT molecular complexity index is 1080. The molecule has 2 aliphatic rings. The third kappa shape index (κ3) is 4.44.